The van der Waals surface area contributed by atoms with Crippen LogP contribution in [0.4, 0.5) is 34.1 Å². The average Bonchev–Trinajstić information content (AvgIpc) is 3.85. The molecule has 7 aromatic carbocycles. The van der Waals surface area contributed by atoms with Crippen molar-refractivity contribution in [1.82, 2.24) is 0 Å². The molecule has 4 heteroatoms. The van der Waals surface area contributed by atoms with Crippen molar-refractivity contribution < 1.29 is 0 Å². The highest BCUT2D eigenvalue weighted by Crippen LogP contribution is 2.55. The Hall–Kier alpha value is -5.58. The Morgan fingerprint density at radius 1 is 0.552 bits per heavy atom. The second-order valence-corrected chi connectivity index (χ2v) is 25.2. The lowest BCUT2D eigenvalue weighted by atomic mass is 9.36. The van der Waals surface area contributed by atoms with Gasteiger partial charge in [0.1, 0.15) is 0 Å². The van der Waals surface area contributed by atoms with Gasteiger partial charge in [0, 0.05) is 44.0 Å². The van der Waals surface area contributed by atoms with Crippen molar-refractivity contribution in [2.24, 2.45) is 0 Å². The van der Waals surface area contributed by atoms with Crippen LogP contribution < -0.4 is 25.5 Å². The highest BCUT2D eigenvalue weighted by Gasteiger charge is 2.48. The number of nitrogens with zero attached hydrogens (tertiary/aromatic N) is 2. The summed E-state index contributed by atoms with van der Waals surface area (Å²) >= 11 is 2.07. The number of aryl methyl sites for hydroxylation is 1. The van der Waals surface area contributed by atoms with E-state index in [1.807, 2.05) is 0 Å². The molecule has 334 valence electrons. The van der Waals surface area contributed by atoms with Crippen LogP contribution in [0.1, 0.15) is 145 Å². The summed E-state index contributed by atoms with van der Waals surface area (Å²) < 4.78 is 2.89. The van der Waals surface area contributed by atoms with Crippen LogP contribution >= 0.6 is 11.3 Å². The van der Waals surface area contributed by atoms with Crippen LogP contribution in [0.3, 0.4) is 0 Å². The van der Waals surface area contributed by atoms with Crippen molar-refractivity contribution in [3.05, 3.63) is 160 Å². The zero-order valence-corrected chi connectivity index (χ0v) is 42.3. The average molecular weight is 891 g/mol. The third kappa shape index (κ3) is 5.87. The van der Waals surface area contributed by atoms with Crippen molar-refractivity contribution in [2.45, 2.75) is 136 Å². The van der Waals surface area contributed by atoms with Gasteiger partial charge < -0.3 is 9.80 Å². The third-order valence-corrected chi connectivity index (χ3v) is 18.8. The number of anilines is 6. The molecular weight excluding hydrogens is 828 g/mol. The van der Waals surface area contributed by atoms with Crippen LogP contribution in [0.5, 0.6) is 0 Å². The zero-order chi connectivity index (χ0) is 46.3. The summed E-state index contributed by atoms with van der Waals surface area (Å²) in [6.07, 6.45) is 5.72. The molecule has 0 unspecified atom stereocenters. The second kappa shape index (κ2) is 13.8. The normalized spacial score (nSPS) is 18.6. The number of hydrogen-bond acceptors (Lipinski definition) is 3. The summed E-state index contributed by atoms with van der Waals surface area (Å²) in [4.78, 5) is 5.44. The van der Waals surface area contributed by atoms with Crippen LogP contribution in [0.15, 0.2) is 115 Å². The van der Waals surface area contributed by atoms with Gasteiger partial charge >= 0.3 is 0 Å². The minimum atomic E-state index is 0.0837. The van der Waals surface area contributed by atoms with Crippen LogP contribution in [0.25, 0.3) is 32.0 Å². The van der Waals surface area contributed by atoms with Crippen LogP contribution in [-0.4, -0.2) is 6.71 Å². The molecule has 0 saturated heterocycles. The van der Waals surface area contributed by atoms with E-state index in [1.165, 1.54) is 152 Å². The lowest BCUT2D eigenvalue weighted by Gasteiger charge is -2.45. The molecule has 3 aliphatic carbocycles. The van der Waals surface area contributed by atoms with Crippen molar-refractivity contribution in [3.8, 4) is 11.1 Å². The maximum absolute atomic E-state index is 2.74. The fraction of sp³-hybridized carbons (Fsp3) is 0.333. The lowest BCUT2D eigenvalue weighted by Crippen LogP contribution is -2.60. The summed E-state index contributed by atoms with van der Waals surface area (Å²) in [5.74, 6) is 0.401. The van der Waals surface area contributed by atoms with E-state index in [1.54, 1.807) is 0 Å². The van der Waals surface area contributed by atoms with Gasteiger partial charge in [0.25, 0.3) is 6.71 Å². The van der Waals surface area contributed by atoms with E-state index in [9.17, 15) is 0 Å². The molecule has 0 atom stereocenters. The third-order valence-electron chi connectivity index (χ3n) is 17.6. The van der Waals surface area contributed by atoms with E-state index in [0.717, 1.165) is 6.42 Å². The first-order valence-corrected chi connectivity index (χ1v) is 26.0. The standard InChI is InChI=1S/C63H63BN2S/c1-36(2)38-19-22-51-53(32-38)66(52-18-14-17-43-44-30-40-16-13-12-15-39(40)29-41(44)31-45(43)52)55-28-37(3)27-54-57(55)64(51)59-58(46-34-49-50(35-56(46)67-59)63(10,11)26-25-62(49,8)9)65(54)42-20-21-47-48(33-42)61(6,7)24-23-60(47,4)5/h12-22,27-30,32-36H,23-26,31H2,1-11H3. The molecule has 67 heavy (non-hydrogen) atoms. The van der Waals surface area contributed by atoms with Gasteiger partial charge in [0.2, 0.25) is 0 Å². The molecule has 3 heterocycles. The predicted molar refractivity (Wildman–Crippen MR) is 291 cm³/mol. The molecule has 0 saturated carbocycles. The Bertz CT molecular complexity index is 3470. The maximum Gasteiger partial charge on any atom is 0.264 e. The molecule has 1 aromatic heterocycles. The van der Waals surface area contributed by atoms with Gasteiger partial charge in [-0.05, 0) is 192 Å². The SMILES string of the molecule is Cc1cc2c3c(c1)N(c1ccc4c(c1)C(C)(C)CCC4(C)C)c1c(sc4cc5c(cc14)C(C)(C)CCC5(C)C)B3c1ccc(C(C)C)cc1N2c1cccc2c1Cc1cc3ccccc3cc1-2. The zero-order valence-electron chi connectivity index (χ0n) is 41.5. The summed E-state index contributed by atoms with van der Waals surface area (Å²) in [5, 5.41) is 4.03. The van der Waals surface area contributed by atoms with E-state index in [2.05, 4.69) is 213 Å². The van der Waals surface area contributed by atoms with E-state index in [-0.39, 0.29) is 28.4 Å². The molecule has 2 aliphatic heterocycles. The summed E-state index contributed by atoms with van der Waals surface area (Å²) in [7, 11) is 0. The molecule has 0 fully saturated rings. The number of fused-ring (bicyclic) bond motifs is 12. The van der Waals surface area contributed by atoms with E-state index < -0.39 is 0 Å². The van der Waals surface area contributed by atoms with Gasteiger partial charge in [-0.15, -0.1) is 11.3 Å². The predicted octanol–water partition coefficient (Wildman–Crippen LogP) is 15.8. The molecule has 0 radical (unpaired) electrons. The quantitative estimate of drug-likeness (QED) is 0.163. The molecular formula is C63H63BN2S. The van der Waals surface area contributed by atoms with Gasteiger partial charge in [-0.2, -0.15) is 0 Å². The Labute approximate surface area is 403 Å². The number of benzene rings is 7. The molecule has 5 aliphatic rings. The van der Waals surface area contributed by atoms with Crippen LogP contribution in [0.2, 0.25) is 0 Å². The van der Waals surface area contributed by atoms with E-state index in [0.29, 0.717) is 5.92 Å². The maximum atomic E-state index is 2.74. The Balaban J connectivity index is 1.12. The summed E-state index contributed by atoms with van der Waals surface area (Å²) in [6.45, 7) is 26.9. The van der Waals surface area contributed by atoms with Crippen molar-refractivity contribution in [3.63, 3.8) is 0 Å². The first-order chi connectivity index (χ1) is 31.9. The van der Waals surface area contributed by atoms with Gasteiger partial charge in [-0.1, -0.05) is 130 Å². The first-order valence-electron chi connectivity index (χ1n) is 25.2. The summed E-state index contributed by atoms with van der Waals surface area (Å²) in [6, 6.07) is 46.3. The number of hydrogen-bond donors (Lipinski definition) is 0. The summed E-state index contributed by atoms with van der Waals surface area (Å²) in [5.41, 5.74) is 25.6. The van der Waals surface area contributed by atoms with Crippen LogP contribution in [0, 0.1) is 6.92 Å². The van der Waals surface area contributed by atoms with Gasteiger partial charge in [-0.25, -0.2) is 0 Å². The number of rotatable bonds is 3. The Kier molecular flexibility index (Phi) is 8.56. The van der Waals surface area contributed by atoms with Crippen molar-refractivity contribution >= 4 is 88.7 Å². The molecule has 8 aromatic rings. The van der Waals surface area contributed by atoms with Gasteiger partial charge in [0.15, 0.2) is 0 Å². The van der Waals surface area contributed by atoms with Gasteiger partial charge in [-0.3, -0.25) is 0 Å². The van der Waals surface area contributed by atoms with Crippen molar-refractivity contribution in [2.75, 3.05) is 9.80 Å². The van der Waals surface area contributed by atoms with Gasteiger partial charge in [0.05, 0.1) is 11.4 Å². The van der Waals surface area contributed by atoms with Crippen LogP contribution in [-0.2, 0) is 28.1 Å². The fourth-order valence-electron chi connectivity index (χ4n) is 13.4. The highest BCUT2D eigenvalue weighted by atomic mass is 32.1. The molecule has 0 spiro atoms. The second-order valence-electron chi connectivity index (χ2n) is 24.1. The first kappa shape index (κ1) is 41.6. The molecule has 2 nitrogen and oxygen atoms in total. The minimum Gasteiger partial charge on any atom is -0.311 e. The lowest BCUT2D eigenvalue weighted by molar-refractivity contribution is 0.332. The molecule has 0 bridgehead atoms. The molecule has 0 N–H and O–H groups in total. The van der Waals surface area contributed by atoms with E-state index in [4.69, 9.17) is 0 Å². The molecule has 13 rings (SSSR count). The molecule has 0 amide bonds. The monoisotopic (exact) mass is 890 g/mol. The Morgan fingerprint density at radius 3 is 1.90 bits per heavy atom. The Morgan fingerprint density at radius 2 is 1.19 bits per heavy atom. The fourth-order valence-corrected chi connectivity index (χ4v) is 14.7. The smallest absolute Gasteiger partial charge is 0.264 e. The largest absolute Gasteiger partial charge is 0.311 e. The topological polar surface area (TPSA) is 6.48 Å². The number of thiophene rings is 1. The minimum absolute atomic E-state index is 0.0837. The highest BCUT2D eigenvalue weighted by molar-refractivity contribution is 7.33. The van der Waals surface area contributed by atoms with E-state index >= 15 is 0 Å². The van der Waals surface area contributed by atoms with Crippen molar-refractivity contribution in [1.29, 1.82) is 0 Å².